The van der Waals surface area contributed by atoms with Crippen LogP contribution in [0.1, 0.15) is 5.56 Å². The summed E-state index contributed by atoms with van der Waals surface area (Å²) >= 11 is 4.51. The number of alkyl halides is 2. The van der Waals surface area contributed by atoms with E-state index in [9.17, 15) is 17.6 Å². The van der Waals surface area contributed by atoms with Gasteiger partial charge < -0.3 is 10.5 Å². The lowest BCUT2D eigenvalue weighted by molar-refractivity contribution is 0.0777. The van der Waals surface area contributed by atoms with E-state index < -0.39 is 30.4 Å². The van der Waals surface area contributed by atoms with Gasteiger partial charge in [0.1, 0.15) is 11.6 Å². The Morgan fingerprint density at radius 3 is 2.19 bits per heavy atom. The molecule has 0 saturated heterocycles. The third kappa shape index (κ3) is 3.06. The van der Waals surface area contributed by atoms with E-state index >= 15 is 0 Å². The smallest absolute Gasteiger partial charge is 0.272 e. The van der Waals surface area contributed by atoms with Gasteiger partial charge in [0.2, 0.25) is 0 Å². The zero-order valence-electron chi connectivity index (χ0n) is 7.84. The lowest BCUT2D eigenvalue weighted by Crippen LogP contribution is -2.13. The molecule has 0 unspecified atom stereocenters. The van der Waals surface area contributed by atoms with Crippen molar-refractivity contribution in [1.82, 2.24) is 0 Å². The first-order valence-corrected chi connectivity index (χ1v) is 4.52. The van der Waals surface area contributed by atoms with Crippen LogP contribution in [0.5, 0.6) is 5.75 Å². The maximum atomic E-state index is 13.2. The normalized spacial score (nSPS) is 10.6. The van der Waals surface area contributed by atoms with E-state index in [1.165, 1.54) is 0 Å². The molecule has 0 aliphatic rings. The van der Waals surface area contributed by atoms with Crippen LogP contribution in [0.3, 0.4) is 0 Å². The minimum absolute atomic E-state index is 0.0330. The lowest BCUT2D eigenvalue weighted by atomic mass is 10.2. The molecule has 0 heterocycles. The number of ether oxygens (including phenoxy) is 1. The topological polar surface area (TPSA) is 35.2 Å². The van der Waals surface area contributed by atoms with Crippen LogP contribution in [-0.4, -0.2) is 18.0 Å². The van der Waals surface area contributed by atoms with Crippen LogP contribution in [0, 0.1) is 11.6 Å². The SMILES string of the molecule is NC(=S)c1cc(F)c(OCC(F)F)c(F)c1. The molecular weight excluding hydrogens is 246 g/mol. The fourth-order valence-electron chi connectivity index (χ4n) is 0.986. The predicted molar refractivity (Wildman–Crippen MR) is 53.7 cm³/mol. The van der Waals surface area contributed by atoms with E-state index in [-0.39, 0.29) is 10.6 Å². The average molecular weight is 253 g/mol. The van der Waals surface area contributed by atoms with E-state index in [4.69, 9.17) is 5.73 Å². The number of thiocarbonyl (C=S) groups is 1. The molecule has 0 bridgehead atoms. The van der Waals surface area contributed by atoms with Gasteiger partial charge in [0.15, 0.2) is 17.4 Å². The molecule has 0 amide bonds. The summed E-state index contributed by atoms with van der Waals surface area (Å²) in [5.41, 5.74) is 5.13. The molecule has 7 heteroatoms. The predicted octanol–water partition coefficient (Wildman–Crippen LogP) is 2.24. The summed E-state index contributed by atoms with van der Waals surface area (Å²) < 4.78 is 54.2. The fraction of sp³-hybridized carbons (Fsp3) is 0.222. The van der Waals surface area contributed by atoms with E-state index in [1.807, 2.05) is 0 Å². The molecule has 0 spiro atoms. The molecule has 88 valence electrons. The van der Waals surface area contributed by atoms with E-state index in [0.29, 0.717) is 0 Å². The van der Waals surface area contributed by atoms with Gasteiger partial charge in [-0.25, -0.2) is 17.6 Å². The molecule has 0 atom stereocenters. The molecule has 1 aromatic rings. The first-order chi connectivity index (χ1) is 7.41. The van der Waals surface area contributed by atoms with Crippen LogP contribution in [0.4, 0.5) is 17.6 Å². The monoisotopic (exact) mass is 253 g/mol. The standard InChI is InChI=1S/C9H7F4NOS/c10-5-1-4(9(14)16)2-6(11)8(5)15-3-7(12)13/h1-2,7H,3H2,(H2,14,16). The Morgan fingerprint density at radius 1 is 1.31 bits per heavy atom. The Kier molecular flexibility index (Phi) is 4.05. The molecule has 1 aromatic carbocycles. The van der Waals surface area contributed by atoms with Crippen molar-refractivity contribution < 1.29 is 22.3 Å². The fourth-order valence-corrected chi connectivity index (χ4v) is 1.10. The number of halogens is 4. The summed E-state index contributed by atoms with van der Waals surface area (Å²) in [6.45, 7) is -1.08. The lowest BCUT2D eigenvalue weighted by Gasteiger charge is -2.09. The quantitative estimate of drug-likeness (QED) is 0.660. The number of nitrogens with two attached hydrogens (primary N) is 1. The zero-order chi connectivity index (χ0) is 12.3. The van der Waals surface area contributed by atoms with E-state index in [1.54, 1.807) is 0 Å². The molecule has 1 rings (SSSR count). The number of rotatable bonds is 4. The van der Waals surface area contributed by atoms with Crippen molar-refractivity contribution in [3.63, 3.8) is 0 Å². The molecule has 0 saturated carbocycles. The van der Waals surface area contributed by atoms with Gasteiger partial charge in [-0.05, 0) is 12.1 Å². The maximum absolute atomic E-state index is 13.2. The Hall–Kier alpha value is -1.37. The summed E-state index contributed by atoms with van der Waals surface area (Å²) in [7, 11) is 0. The van der Waals surface area contributed by atoms with Crippen molar-refractivity contribution in [2.45, 2.75) is 6.43 Å². The highest BCUT2D eigenvalue weighted by molar-refractivity contribution is 7.80. The van der Waals surface area contributed by atoms with E-state index in [0.717, 1.165) is 12.1 Å². The number of benzene rings is 1. The largest absolute Gasteiger partial charge is 0.482 e. The second kappa shape index (κ2) is 5.11. The molecule has 2 N–H and O–H groups in total. The molecule has 0 aliphatic carbocycles. The minimum atomic E-state index is -2.81. The molecule has 0 aliphatic heterocycles. The third-order valence-electron chi connectivity index (χ3n) is 1.64. The molecule has 0 radical (unpaired) electrons. The van der Waals surface area contributed by atoms with Crippen LogP contribution in [0.15, 0.2) is 12.1 Å². The Labute approximate surface area is 94.0 Å². The first-order valence-electron chi connectivity index (χ1n) is 4.11. The summed E-state index contributed by atoms with van der Waals surface area (Å²) in [6, 6.07) is 1.65. The van der Waals surface area contributed by atoms with Gasteiger partial charge in [0.05, 0.1) is 0 Å². The van der Waals surface area contributed by atoms with Gasteiger partial charge in [-0.15, -0.1) is 0 Å². The summed E-state index contributed by atoms with van der Waals surface area (Å²) in [4.78, 5) is -0.196. The highest BCUT2D eigenvalue weighted by atomic mass is 32.1. The second-order valence-electron chi connectivity index (χ2n) is 2.84. The van der Waals surface area contributed by atoms with Crippen LogP contribution in [0.25, 0.3) is 0 Å². The Bertz CT molecular complexity index is 387. The van der Waals surface area contributed by atoms with Gasteiger partial charge in [0, 0.05) is 5.56 Å². The maximum Gasteiger partial charge on any atom is 0.272 e. The summed E-state index contributed by atoms with van der Waals surface area (Å²) in [6.07, 6.45) is -2.81. The third-order valence-corrected chi connectivity index (χ3v) is 1.87. The van der Waals surface area contributed by atoms with Gasteiger partial charge in [-0.3, -0.25) is 0 Å². The van der Waals surface area contributed by atoms with Crippen molar-refractivity contribution in [3.8, 4) is 5.75 Å². The van der Waals surface area contributed by atoms with Crippen LogP contribution >= 0.6 is 12.2 Å². The van der Waals surface area contributed by atoms with Crippen LogP contribution in [-0.2, 0) is 0 Å². The molecule has 0 fully saturated rings. The van der Waals surface area contributed by atoms with Gasteiger partial charge in [-0.1, -0.05) is 12.2 Å². The number of hydrogen-bond donors (Lipinski definition) is 1. The highest BCUT2D eigenvalue weighted by Crippen LogP contribution is 2.23. The molecular formula is C9H7F4NOS. The molecule has 2 nitrogen and oxygen atoms in total. The van der Waals surface area contributed by atoms with Crippen molar-refractivity contribution in [1.29, 1.82) is 0 Å². The van der Waals surface area contributed by atoms with Crippen molar-refractivity contribution in [3.05, 3.63) is 29.3 Å². The summed E-state index contributed by atoms with van der Waals surface area (Å²) in [5.74, 6) is -3.10. The Morgan fingerprint density at radius 2 is 1.81 bits per heavy atom. The van der Waals surface area contributed by atoms with Crippen molar-refractivity contribution in [2.75, 3.05) is 6.61 Å². The minimum Gasteiger partial charge on any atom is -0.482 e. The highest BCUT2D eigenvalue weighted by Gasteiger charge is 2.15. The number of hydrogen-bond acceptors (Lipinski definition) is 2. The van der Waals surface area contributed by atoms with Crippen LogP contribution < -0.4 is 10.5 Å². The van der Waals surface area contributed by atoms with Gasteiger partial charge in [0.25, 0.3) is 6.43 Å². The zero-order valence-corrected chi connectivity index (χ0v) is 8.66. The first kappa shape index (κ1) is 12.7. The van der Waals surface area contributed by atoms with Crippen molar-refractivity contribution in [2.24, 2.45) is 5.73 Å². The molecule has 16 heavy (non-hydrogen) atoms. The van der Waals surface area contributed by atoms with Gasteiger partial charge >= 0.3 is 0 Å². The van der Waals surface area contributed by atoms with Crippen molar-refractivity contribution >= 4 is 17.2 Å². The summed E-state index contributed by atoms with van der Waals surface area (Å²) in [5, 5.41) is 0. The molecule has 0 aromatic heterocycles. The van der Waals surface area contributed by atoms with E-state index in [2.05, 4.69) is 17.0 Å². The average Bonchev–Trinajstić information content (AvgIpc) is 2.15. The van der Waals surface area contributed by atoms with Crippen LogP contribution in [0.2, 0.25) is 0 Å². The van der Waals surface area contributed by atoms with Gasteiger partial charge in [-0.2, -0.15) is 0 Å². The second-order valence-corrected chi connectivity index (χ2v) is 3.28. The Balaban J connectivity index is 2.98.